The Bertz CT molecular complexity index is 573. The van der Waals surface area contributed by atoms with Crippen molar-refractivity contribution < 1.29 is 0 Å². The lowest BCUT2D eigenvalue weighted by molar-refractivity contribution is -0.0466. The molecule has 148 valence electrons. The van der Waals surface area contributed by atoms with Crippen molar-refractivity contribution in [1.29, 1.82) is 0 Å². The SMILES string of the molecule is CCC[C@@H](C)[C@H]1CC[C@H]2[C@@H]3CC[C@]4(C)C[C@H](C)CC[C@]4(C)C3=CC[C@]12C. The first-order valence-electron chi connectivity index (χ1n) is 12.0. The molecule has 0 heteroatoms. The van der Waals surface area contributed by atoms with E-state index in [0.717, 1.165) is 29.6 Å². The summed E-state index contributed by atoms with van der Waals surface area (Å²) < 4.78 is 0. The predicted molar refractivity (Wildman–Crippen MR) is 113 cm³/mol. The molecule has 0 saturated heterocycles. The summed E-state index contributed by atoms with van der Waals surface area (Å²) in [5.74, 6) is 4.72. The summed E-state index contributed by atoms with van der Waals surface area (Å²) in [6.07, 6.45) is 17.3. The molecule has 0 radical (unpaired) electrons. The number of fused-ring (bicyclic) bond motifs is 5. The van der Waals surface area contributed by atoms with Gasteiger partial charge in [-0.1, -0.05) is 66.0 Å². The maximum atomic E-state index is 2.81. The van der Waals surface area contributed by atoms with E-state index in [4.69, 9.17) is 0 Å². The zero-order valence-electron chi connectivity index (χ0n) is 18.5. The van der Waals surface area contributed by atoms with Crippen LogP contribution in [0.2, 0.25) is 0 Å². The molecule has 0 aliphatic heterocycles. The van der Waals surface area contributed by atoms with E-state index in [9.17, 15) is 0 Å². The minimum atomic E-state index is 0.497. The van der Waals surface area contributed by atoms with Crippen LogP contribution < -0.4 is 0 Å². The molecule has 4 rings (SSSR count). The van der Waals surface area contributed by atoms with E-state index in [-0.39, 0.29) is 0 Å². The van der Waals surface area contributed by atoms with Crippen LogP contribution in [-0.2, 0) is 0 Å². The average molecular weight is 357 g/mol. The lowest BCUT2D eigenvalue weighted by Gasteiger charge is -2.62. The van der Waals surface area contributed by atoms with Crippen molar-refractivity contribution >= 4 is 0 Å². The molecule has 0 aromatic carbocycles. The minimum absolute atomic E-state index is 0.497. The summed E-state index contributed by atoms with van der Waals surface area (Å²) in [5.41, 5.74) is 3.59. The van der Waals surface area contributed by atoms with Gasteiger partial charge >= 0.3 is 0 Å². The highest BCUT2D eigenvalue weighted by molar-refractivity contribution is 5.31. The lowest BCUT2D eigenvalue weighted by Crippen LogP contribution is -2.52. The van der Waals surface area contributed by atoms with E-state index in [1.165, 1.54) is 64.2 Å². The number of rotatable bonds is 3. The molecule has 26 heavy (non-hydrogen) atoms. The van der Waals surface area contributed by atoms with Gasteiger partial charge in [-0.15, -0.1) is 0 Å². The van der Waals surface area contributed by atoms with Gasteiger partial charge in [-0.05, 0) is 97.2 Å². The van der Waals surface area contributed by atoms with Gasteiger partial charge in [0.25, 0.3) is 0 Å². The summed E-state index contributed by atoms with van der Waals surface area (Å²) in [6, 6.07) is 0. The van der Waals surface area contributed by atoms with Crippen molar-refractivity contribution in [2.75, 3.05) is 0 Å². The minimum Gasteiger partial charge on any atom is -0.0839 e. The largest absolute Gasteiger partial charge is 0.0839 e. The Labute approximate surface area is 163 Å². The van der Waals surface area contributed by atoms with Gasteiger partial charge in [-0.25, -0.2) is 0 Å². The maximum absolute atomic E-state index is 2.81. The first-order chi connectivity index (χ1) is 12.2. The first-order valence-corrected chi connectivity index (χ1v) is 12.0. The topological polar surface area (TPSA) is 0 Å². The molecule has 4 aliphatic carbocycles. The fourth-order valence-electron chi connectivity index (χ4n) is 8.82. The molecule has 3 saturated carbocycles. The van der Waals surface area contributed by atoms with Gasteiger partial charge in [-0.3, -0.25) is 0 Å². The molecule has 0 bridgehead atoms. The Kier molecular flexibility index (Phi) is 4.68. The smallest absolute Gasteiger partial charge is 0.00595 e. The van der Waals surface area contributed by atoms with Crippen molar-refractivity contribution in [3.8, 4) is 0 Å². The van der Waals surface area contributed by atoms with Gasteiger partial charge < -0.3 is 0 Å². The van der Waals surface area contributed by atoms with Gasteiger partial charge in [0.1, 0.15) is 0 Å². The molecular weight excluding hydrogens is 312 g/mol. The van der Waals surface area contributed by atoms with Crippen molar-refractivity contribution in [2.45, 2.75) is 106 Å². The molecule has 0 N–H and O–H groups in total. The molecule has 3 fully saturated rings. The normalized spacial score (nSPS) is 51.8. The van der Waals surface area contributed by atoms with E-state index in [1.54, 1.807) is 0 Å². The Hall–Kier alpha value is -0.260. The van der Waals surface area contributed by atoms with Gasteiger partial charge in [0.2, 0.25) is 0 Å². The van der Waals surface area contributed by atoms with Crippen LogP contribution in [-0.4, -0.2) is 0 Å². The zero-order chi connectivity index (χ0) is 18.7. The molecule has 4 aliphatic rings. The Balaban J connectivity index is 1.66. The van der Waals surface area contributed by atoms with Crippen LogP contribution >= 0.6 is 0 Å². The fourth-order valence-corrected chi connectivity index (χ4v) is 8.82. The van der Waals surface area contributed by atoms with Gasteiger partial charge in [0, 0.05) is 0 Å². The van der Waals surface area contributed by atoms with Gasteiger partial charge in [0.15, 0.2) is 0 Å². The Morgan fingerprint density at radius 2 is 1.85 bits per heavy atom. The second-order valence-corrected chi connectivity index (χ2v) is 11.8. The highest BCUT2D eigenvalue weighted by Gasteiger charge is 2.60. The number of allylic oxidation sites excluding steroid dienone is 2. The third-order valence-corrected chi connectivity index (χ3v) is 10.5. The Morgan fingerprint density at radius 3 is 2.58 bits per heavy atom. The third-order valence-electron chi connectivity index (χ3n) is 10.5. The molecule has 0 spiro atoms. The van der Waals surface area contributed by atoms with Crippen molar-refractivity contribution in [3.63, 3.8) is 0 Å². The second-order valence-electron chi connectivity index (χ2n) is 11.8. The van der Waals surface area contributed by atoms with Crippen LogP contribution in [0.25, 0.3) is 0 Å². The van der Waals surface area contributed by atoms with Gasteiger partial charge in [0.05, 0.1) is 0 Å². The zero-order valence-corrected chi connectivity index (χ0v) is 18.5. The van der Waals surface area contributed by atoms with E-state index in [0.29, 0.717) is 16.2 Å². The van der Waals surface area contributed by atoms with Crippen LogP contribution in [0.15, 0.2) is 11.6 Å². The maximum Gasteiger partial charge on any atom is -0.00595 e. The summed E-state index contributed by atoms with van der Waals surface area (Å²) in [6.45, 7) is 15.4. The van der Waals surface area contributed by atoms with Gasteiger partial charge in [-0.2, -0.15) is 0 Å². The molecule has 0 aromatic heterocycles. The molecule has 0 heterocycles. The van der Waals surface area contributed by atoms with Crippen LogP contribution in [0.1, 0.15) is 106 Å². The van der Waals surface area contributed by atoms with Crippen molar-refractivity contribution in [2.24, 2.45) is 45.8 Å². The monoisotopic (exact) mass is 356 g/mol. The number of hydrogen-bond donors (Lipinski definition) is 0. The molecule has 8 atom stereocenters. The molecule has 0 nitrogen and oxygen atoms in total. The van der Waals surface area contributed by atoms with Crippen LogP contribution in [0.5, 0.6) is 0 Å². The van der Waals surface area contributed by atoms with Crippen LogP contribution in [0, 0.1) is 45.8 Å². The van der Waals surface area contributed by atoms with E-state index in [2.05, 4.69) is 47.6 Å². The first kappa shape index (κ1) is 19.1. The summed E-state index contributed by atoms with van der Waals surface area (Å²) in [4.78, 5) is 0. The quantitative estimate of drug-likeness (QED) is 0.449. The summed E-state index contributed by atoms with van der Waals surface area (Å²) >= 11 is 0. The average Bonchev–Trinajstić information content (AvgIpc) is 2.93. The van der Waals surface area contributed by atoms with Crippen LogP contribution in [0.4, 0.5) is 0 Å². The highest BCUT2D eigenvalue weighted by Crippen LogP contribution is 2.69. The van der Waals surface area contributed by atoms with E-state index >= 15 is 0 Å². The molecule has 0 amide bonds. The summed E-state index contributed by atoms with van der Waals surface area (Å²) in [5, 5.41) is 0. The Morgan fingerprint density at radius 1 is 1.08 bits per heavy atom. The standard InChI is InChI=1S/C26H44/c1-7-8-19(3)21-9-10-22-20-12-14-24(4)17-18(2)11-16-26(24,6)23(20)13-15-25(21,22)5/h13,18-22H,7-12,14-17H2,1-6H3/t18-,19-,20+,21-,22+,24-,25-,26-/m1/s1. The molecule has 0 aromatic rings. The predicted octanol–water partition coefficient (Wildman–Crippen LogP) is 8.03. The lowest BCUT2D eigenvalue weighted by atomic mass is 9.43. The fraction of sp³-hybridized carbons (Fsp3) is 0.923. The van der Waals surface area contributed by atoms with E-state index < -0.39 is 0 Å². The molecular formula is C26H44. The van der Waals surface area contributed by atoms with Crippen molar-refractivity contribution in [1.82, 2.24) is 0 Å². The second kappa shape index (κ2) is 6.38. The van der Waals surface area contributed by atoms with Crippen molar-refractivity contribution in [3.05, 3.63) is 11.6 Å². The van der Waals surface area contributed by atoms with E-state index in [1.807, 2.05) is 5.57 Å². The van der Waals surface area contributed by atoms with Crippen LogP contribution in [0.3, 0.4) is 0 Å². The summed E-state index contributed by atoms with van der Waals surface area (Å²) in [7, 11) is 0. The number of hydrogen-bond acceptors (Lipinski definition) is 0. The highest BCUT2D eigenvalue weighted by atomic mass is 14.6. The molecule has 0 unspecified atom stereocenters. The third kappa shape index (κ3) is 2.52.